The third-order valence-corrected chi connectivity index (χ3v) is 6.49. The first-order valence-electron chi connectivity index (χ1n) is 13.2. The lowest BCUT2D eigenvalue weighted by Gasteiger charge is -2.22. The van der Waals surface area contributed by atoms with E-state index in [0.717, 1.165) is 24.3 Å². The summed E-state index contributed by atoms with van der Waals surface area (Å²) in [5, 5.41) is 0. The number of alkyl halides is 6. The smallest absolute Gasteiger partial charge is 0.432 e. The van der Waals surface area contributed by atoms with Crippen LogP contribution in [0.5, 0.6) is 17.2 Å². The van der Waals surface area contributed by atoms with Crippen molar-refractivity contribution >= 4 is 0 Å². The van der Waals surface area contributed by atoms with Gasteiger partial charge in [-0.05, 0) is 42.2 Å². The van der Waals surface area contributed by atoms with Gasteiger partial charge in [0.15, 0.2) is 17.5 Å². The average molecular weight is 686 g/mol. The summed E-state index contributed by atoms with van der Waals surface area (Å²) in [6.45, 7) is 1.67. The zero-order valence-corrected chi connectivity index (χ0v) is 23.5. The van der Waals surface area contributed by atoms with Crippen molar-refractivity contribution in [1.29, 1.82) is 0 Å². The number of hydrogen-bond donors (Lipinski definition) is 0. The Balaban J connectivity index is 1.43. The van der Waals surface area contributed by atoms with Gasteiger partial charge in [-0.2, -0.15) is 26.3 Å². The van der Waals surface area contributed by atoms with E-state index in [-0.39, 0.29) is 24.3 Å². The first kappa shape index (κ1) is 35.2. The van der Waals surface area contributed by atoms with E-state index >= 15 is 0 Å². The molecule has 0 spiro atoms. The molecule has 0 aliphatic carbocycles. The van der Waals surface area contributed by atoms with Crippen LogP contribution < -0.4 is 14.2 Å². The van der Waals surface area contributed by atoms with Gasteiger partial charge in [0.2, 0.25) is 0 Å². The Morgan fingerprint density at radius 1 is 0.532 bits per heavy atom. The van der Waals surface area contributed by atoms with E-state index in [0.29, 0.717) is 18.1 Å². The van der Waals surface area contributed by atoms with Crippen LogP contribution in [0.2, 0.25) is 0 Å². The Morgan fingerprint density at radius 3 is 1.62 bits per heavy atom. The van der Waals surface area contributed by atoms with E-state index in [9.17, 15) is 57.1 Å². The van der Waals surface area contributed by atoms with Crippen molar-refractivity contribution in [3.8, 4) is 17.2 Å². The highest BCUT2D eigenvalue weighted by Crippen LogP contribution is 2.39. The molecular weight excluding hydrogens is 667 g/mol. The predicted molar refractivity (Wildman–Crippen MR) is 138 cm³/mol. The van der Waals surface area contributed by atoms with Gasteiger partial charge in [0.1, 0.15) is 46.1 Å². The molecule has 0 unspecified atom stereocenters. The molecule has 4 aromatic carbocycles. The Morgan fingerprint density at radius 2 is 1.06 bits per heavy atom. The number of benzene rings is 4. The third-order valence-electron chi connectivity index (χ3n) is 6.49. The zero-order chi connectivity index (χ0) is 34.9. The Hall–Kier alpha value is -4.63. The number of halogens is 13. The van der Waals surface area contributed by atoms with E-state index in [2.05, 4.69) is 14.2 Å². The molecular formula is C31H19F13O3. The van der Waals surface area contributed by atoms with Crippen LogP contribution >= 0.6 is 0 Å². The highest BCUT2D eigenvalue weighted by molar-refractivity contribution is 5.35. The maximum absolute atomic E-state index is 14.6. The van der Waals surface area contributed by atoms with Gasteiger partial charge in [-0.15, -0.1) is 0 Å². The molecule has 0 fully saturated rings. The van der Waals surface area contributed by atoms with Gasteiger partial charge in [-0.1, -0.05) is 19.1 Å². The lowest BCUT2D eigenvalue weighted by molar-refractivity contribution is -0.190. The SMILES string of the molecule is CCc1ccc(C(F)(F)Oc2ccc(CCC(F)(F)Oc3cc(F)c(C(F)(F)Oc4cc(F)c(F)c(F)c4)c(F)c3)c(F)c2)c(F)c1. The molecule has 0 amide bonds. The molecule has 0 heterocycles. The van der Waals surface area contributed by atoms with Crippen molar-refractivity contribution < 1.29 is 71.3 Å². The van der Waals surface area contributed by atoms with Gasteiger partial charge in [0.25, 0.3) is 0 Å². The molecule has 0 aromatic heterocycles. The summed E-state index contributed by atoms with van der Waals surface area (Å²) in [4.78, 5) is 0. The van der Waals surface area contributed by atoms with Gasteiger partial charge in [-0.3, -0.25) is 0 Å². The van der Waals surface area contributed by atoms with Crippen LogP contribution in [0, 0.1) is 40.7 Å². The van der Waals surface area contributed by atoms with Gasteiger partial charge in [0, 0.05) is 30.3 Å². The maximum atomic E-state index is 14.6. The quantitative estimate of drug-likeness (QED) is 0.110. The van der Waals surface area contributed by atoms with Gasteiger partial charge >= 0.3 is 18.3 Å². The fraction of sp³-hybridized carbons (Fsp3) is 0.226. The molecule has 16 heteroatoms. The summed E-state index contributed by atoms with van der Waals surface area (Å²) >= 11 is 0. The second kappa shape index (κ2) is 13.2. The Labute approximate surface area is 257 Å². The molecule has 0 saturated carbocycles. The minimum atomic E-state index is -4.99. The number of hydrogen-bond acceptors (Lipinski definition) is 3. The van der Waals surface area contributed by atoms with Gasteiger partial charge in [-0.25, -0.2) is 30.7 Å². The number of aryl methyl sites for hydroxylation is 2. The normalized spacial score (nSPS) is 12.3. The van der Waals surface area contributed by atoms with Crippen LogP contribution in [0.4, 0.5) is 57.1 Å². The molecule has 0 atom stereocenters. The average Bonchev–Trinajstić information content (AvgIpc) is 2.94. The van der Waals surface area contributed by atoms with Crippen molar-refractivity contribution in [3.05, 3.63) is 124 Å². The molecule has 3 nitrogen and oxygen atoms in total. The van der Waals surface area contributed by atoms with Crippen LogP contribution in [0.25, 0.3) is 0 Å². The topological polar surface area (TPSA) is 27.7 Å². The third kappa shape index (κ3) is 8.21. The zero-order valence-electron chi connectivity index (χ0n) is 23.5. The molecule has 4 aromatic rings. The molecule has 4 rings (SSSR count). The monoisotopic (exact) mass is 686 g/mol. The van der Waals surface area contributed by atoms with Crippen molar-refractivity contribution in [2.75, 3.05) is 0 Å². The van der Waals surface area contributed by atoms with E-state index in [4.69, 9.17) is 0 Å². The largest absolute Gasteiger partial charge is 0.432 e. The molecule has 0 radical (unpaired) electrons. The molecule has 0 bridgehead atoms. The maximum Gasteiger partial charge on any atom is 0.432 e. The fourth-order valence-electron chi connectivity index (χ4n) is 4.19. The Kier molecular flexibility index (Phi) is 9.92. The lowest BCUT2D eigenvalue weighted by atomic mass is 10.1. The van der Waals surface area contributed by atoms with E-state index in [1.165, 1.54) is 6.07 Å². The number of rotatable bonds is 12. The standard InChI is InChI=1S/C31H19F13O3/c1-2-15-3-6-20(22(33)9-15)30(41,42)46-17-5-4-16(21(32)10-17)7-8-29(39,40)45-18-11-23(34)27(24(35)12-18)31(43,44)47-19-13-25(36)28(38)26(37)14-19/h3-6,9-14H,2,7-8H2,1H3. The molecule has 0 N–H and O–H groups in total. The summed E-state index contributed by atoms with van der Waals surface area (Å²) in [6, 6.07) is 4.71. The molecule has 0 aliphatic rings. The second-order valence-electron chi connectivity index (χ2n) is 9.86. The van der Waals surface area contributed by atoms with Gasteiger partial charge in [0.05, 0.1) is 12.0 Å². The Bertz CT molecular complexity index is 1730. The molecule has 252 valence electrons. The van der Waals surface area contributed by atoms with Crippen LogP contribution in [0.1, 0.15) is 35.6 Å². The summed E-state index contributed by atoms with van der Waals surface area (Å²) < 4.78 is 197. The van der Waals surface area contributed by atoms with E-state index < -0.39 is 106 Å². The lowest BCUT2D eigenvalue weighted by Crippen LogP contribution is -2.27. The second-order valence-corrected chi connectivity index (χ2v) is 9.86. The van der Waals surface area contributed by atoms with Crippen LogP contribution in [-0.4, -0.2) is 6.11 Å². The highest BCUT2D eigenvalue weighted by atomic mass is 19.3. The van der Waals surface area contributed by atoms with Crippen molar-refractivity contribution in [2.24, 2.45) is 0 Å². The first-order chi connectivity index (χ1) is 21.8. The van der Waals surface area contributed by atoms with Crippen LogP contribution in [0.15, 0.2) is 60.7 Å². The van der Waals surface area contributed by atoms with Crippen LogP contribution in [0.3, 0.4) is 0 Å². The summed E-state index contributed by atoms with van der Waals surface area (Å²) in [5.41, 5.74) is -3.35. The summed E-state index contributed by atoms with van der Waals surface area (Å²) in [6.07, 6.45) is -15.4. The van der Waals surface area contributed by atoms with Gasteiger partial charge < -0.3 is 14.2 Å². The highest BCUT2D eigenvalue weighted by Gasteiger charge is 2.43. The van der Waals surface area contributed by atoms with Crippen molar-refractivity contribution in [1.82, 2.24) is 0 Å². The number of ether oxygens (including phenoxy) is 3. The summed E-state index contributed by atoms with van der Waals surface area (Å²) in [5.74, 6) is -16.4. The molecule has 47 heavy (non-hydrogen) atoms. The first-order valence-corrected chi connectivity index (χ1v) is 13.2. The minimum absolute atomic E-state index is 0.0354. The van der Waals surface area contributed by atoms with Crippen molar-refractivity contribution in [3.63, 3.8) is 0 Å². The predicted octanol–water partition coefficient (Wildman–Crippen LogP) is 10.1. The van der Waals surface area contributed by atoms with Crippen molar-refractivity contribution in [2.45, 2.75) is 44.5 Å². The molecule has 0 aliphatic heterocycles. The molecule has 0 saturated heterocycles. The van der Waals surface area contributed by atoms with E-state index in [1.807, 2.05) is 0 Å². The van der Waals surface area contributed by atoms with Crippen LogP contribution in [-0.2, 0) is 25.1 Å². The summed E-state index contributed by atoms with van der Waals surface area (Å²) in [7, 11) is 0. The minimum Gasteiger partial charge on any atom is -0.432 e. The fourth-order valence-corrected chi connectivity index (χ4v) is 4.19. The van der Waals surface area contributed by atoms with E-state index in [1.54, 1.807) is 6.92 Å².